The third kappa shape index (κ3) is 2.71. The van der Waals surface area contributed by atoms with E-state index in [4.69, 9.17) is 16.0 Å². The summed E-state index contributed by atoms with van der Waals surface area (Å²) in [5.74, 6) is 1.67. The number of aliphatic imine (C=N–C) groups is 1. The maximum atomic E-state index is 6.04. The van der Waals surface area contributed by atoms with Gasteiger partial charge in [0, 0.05) is 22.8 Å². The Labute approximate surface area is 115 Å². The summed E-state index contributed by atoms with van der Waals surface area (Å²) < 4.78 is 5.33. The molecule has 1 aliphatic heterocycles. The van der Waals surface area contributed by atoms with Crippen LogP contribution in [-0.2, 0) is 0 Å². The fraction of sp³-hybridized carbons (Fsp3) is 0.231. The molecule has 3 rings (SSSR count). The van der Waals surface area contributed by atoms with Crippen LogP contribution in [0, 0.1) is 0 Å². The van der Waals surface area contributed by atoms with Crippen molar-refractivity contribution >= 4 is 23.1 Å². The molecule has 0 saturated heterocycles. The van der Waals surface area contributed by atoms with E-state index in [1.54, 1.807) is 6.20 Å². The van der Waals surface area contributed by atoms with Crippen molar-refractivity contribution < 1.29 is 4.42 Å². The van der Waals surface area contributed by atoms with Gasteiger partial charge in [-0.25, -0.2) is 4.98 Å². The van der Waals surface area contributed by atoms with E-state index in [1.807, 2.05) is 18.2 Å². The molecule has 1 aromatic heterocycles. The van der Waals surface area contributed by atoms with Gasteiger partial charge in [0.25, 0.3) is 0 Å². The molecule has 2 N–H and O–H groups in total. The Morgan fingerprint density at radius 3 is 3.11 bits per heavy atom. The van der Waals surface area contributed by atoms with E-state index >= 15 is 0 Å². The number of hydrogen-bond donors (Lipinski definition) is 2. The van der Waals surface area contributed by atoms with Crippen LogP contribution in [0.2, 0.25) is 5.02 Å². The van der Waals surface area contributed by atoms with Gasteiger partial charge in [0.15, 0.2) is 12.2 Å². The number of oxazole rings is 1. The van der Waals surface area contributed by atoms with Crippen LogP contribution >= 0.6 is 11.6 Å². The number of nitrogens with zero attached hydrogens (tertiary/aromatic N) is 2. The number of aromatic nitrogens is 1. The summed E-state index contributed by atoms with van der Waals surface area (Å²) in [5, 5.41) is 7.21. The molecule has 0 aliphatic carbocycles. The van der Waals surface area contributed by atoms with Crippen molar-refractivity contribution in [3.05, 3.63) is 35.8 Å². The fourth-order valence-electron chi connectivity index (χ4n) is 1.97. The monoisotopic (exact) mass is 276 g/mol. The Bertz CT molecular complexity index is 595. The first kappa shape index (κ1) is 12.0. The van der Waals surface area contributed by atoms with Crippen molar-refractivity contribution in [2.45, 2.75) is 0 Å². The summed E-state index contributed by atoms with van der Waals surface area (Å²) in [6.07, 6.45) is 3.09. The molecule has 19 heavy (non-hydrogen) atoms. The molecule has 0 atom stereocenters. The van der Waals surface area contributed by atoms with Crippen molar-refractivity contribution in [2.24, 2.45) is 4.99 Å². The number of amidine groups is 1. The Hall–Kier alpha value is -2.01. The molecule has 0 saturated carbocycles. The lowest BCUT2D eigenvalue weighted by Gasteiger charge is -2.11. The molecule has 2 aromatic rings. The Kier molecular flexibility index (Phi) is 3.37. The van der Waals surface area contributed by atoms with E-state index in [0.717, 1.165) is 30.2 Å². The lowest BCUT2D eigenvalue weighted by atomic mass is 10.1. The van der Waals surface area contributed by atoms with Gasteiger partial charge >= 0.3 is 0 Å². The molecule has 0 amide bonds. The zero-order valence-corrected chi connectivity index (χ0v) is 10.9. The number of halogens is 1. The molecular weight excluding hydrogens is 264 g/mol. The molecule has 1 aliphatic rings. The highest BCUT2D eigenvalue weighted by Gasteiger charge is 2.10. The van der Waals surface area contributed by atoms with Crippen LogP contribution in [0.4, 0.5) is 5.69 Å². The first-order chi connectivity index (χ1) is 9.33. The number of nitrogens with one attached hydrogen (secondary N) is 2. The van der Waals surface area contributed by atoms with Crippen LogP contribution in [-0.4, -0.2) is 30.5 Å². The molecule has 0 radical (unpaired) electrons. The van der Waals surface area contributed by atoms with Crippen LogP contribution in [0.15, 0.2) is 40.2 Å². The quantitative estimate of drug-likeness (QED) is 0.900. The van der Waals surface area contributed by atoms with Gasteiger partial charge in [0.05, 0.1) is 19.3 Å². The van der Waals surface area contributed by atoms with Gasteiger partial charge in [-0.15, -0.1) is 0 Å². The van der Waals surface area contributed by atoms with Crippen molar-refractivity contribution in [2.75, 3.05) is 25.0 Å². The van der Waals surface area contributed by atoms with E-state index in [0.29, 0.717) is 17.3 Å². The lowest BCUT2D eigenvalue weighted by molar-refractivity contribution is 0.572. The molecule has 1 aromatic carbocycles. The van der Waals surface area contributed by atoms with Gasteiger partial charge in [-0.2, -0.15) is 0 Å². The van der Waals surface area contributed by atoms with Gasteiger partial charge < -0.3 is 15.1 Å². The highest BCUT2D eigenvalue weighted by molar-refractivity contribution is 6.31. The van der Waals surface area contributed by atoms with Crippen LogP contribution in [0.3, 0.4) is 0 Å². The minimum atomic E-state index is 0.640. The average Bonchev–Trinajstić information content (AvgIpc) is 3.10. The zero-order chi connectivity index (χ0) is 13.1. The number of anilines is 1. The third-order valence-corrected chi connectivity index (χ3v) is 3.10. The van der Waals surface area contributed by atoms with Gasteiger partial charge in [-0.3, -0.25) is 4.99 Å². The van der Waals surface area contributed by atoms with Crippen LogP contribution in [0.5, 0.6) is 0 Å². The molecular formula is C13H13ClN4O. The van der Waals surface area contributed by atoms with Gasteiger partial charge in [0.1, 0.15) is 5.84 Å². The second-order valence-corrected chi connectivity index (χ2v) is 4.60. The summed E-state index contributed by atoms with van der Waals surface area (Å²) in [7, 11) is 0. The second kappa shape index (κ2) is 5.32. The Morgan fingerprint density at radius 2 is 2.37 bits per heavy atom. The summed E-state index contributed by atoms with van der Waals surface area (Å²) in [5.41, 5.74) is 1.83. The maximum Gasteiger partial charge on any atom is 0.181 e. The van der Waals surface area contributed by atoms with Crippen molar-refractivity contribution in [3.8, 4) is 11.3 Å². The SMILES string of the molecule is Clc1ccc(-c2cnco2)c(NCC2=NCCN2)c1. The van der Waals surface area contributed by atoms with Crippen molar-refractivity contribution in [1.82, 2.24) is 10.3 Å². The highest BCUT2D eigenvalue weighted by Crippen LogP contribution is 2.30. The Morgan fingerprint density at radius 1 is 1.42 bits per heavy atom. The van der Waals surface area contributed by atoms with E-state index in [9.17, 15) is 0 Å². The van der Waals surface area contributed by atoms with Crippen LogP contribution in [0.1, 0.15) is 0 Å². The lowest BCUT2D eigenvalue weighted by Crippen LogP contribution is -2.26. The average molecular weight is 277 g/mol. The van der Waals surface area contributed by atoms with Gasteiger partial charge in [-0.1, -0.05) is 11.6 Å². The third-order valence-electron chi connectivity index (χ3n) is 2.87. The summed E-state index contributed by atoms with van der Waals surface area (Å²) in [4.78, 5) is 8.28. The molecule has 6 heteroatoms. The summed E-state index contributed by atoms with van der Waals surface area (Å²) in [6, 6.07) is 5.61. The first-order valence-electron chi connectivity index (χ1n) is 6.02. The van der Waals surface area contributed by atoms with Crippen molar-refractivity contribution in [3.63, 3.8) is 0 Å². The molecule has 0 unspecified atom stereocenters. The van der Waals surface area contributed by atoms with Crippen LogP contribution in [0.25, 0.3) is 11.3 Å². The van der Waals surface area contributed by atoms with E-state index in [-0.39, 0.29) is 0 Å². The largest absolute Gasteiger partial charge is 0.443 e. The molecule has 98 valence electrons. The second-order valence-electron chi connectivity index (χ2n) is 4.16. The zero-order valence-electron chi connectivity index (χ0n) is 10.2. The topological polar surface area (TPSA) is 62.5 Å². The normalized spacial score (nSPS) is 14.1. The van der Waals surface area contributed by atoms with Gasteiger partial charge in [-0.05, 0) is 18.2 Å². The minimum absolute atomic E-state index is 0.640. The number of rotatable bonds is 4. The van der Waals surface area contributed by atoms with E-state index in [2.05, 4.69) is 20.6 Å². The Balaban J connectivity index is 1.84. The number of benzene rings is 1. The smallest absolute Gasteiger partial charge is 0.181 e. The van der Waals surface area contributed by atoms with Gasteiger partial charge in [0.2, 0.25) is 0 Å². The molecule has 2 heterocycles. The number of hydrogen-bond acceptors (Lipinski definition) is 5. The molecule has 0 spiro atoms. The van der Waals surface area contributed by atoms with E-state index in [1.165, 1.54) is 6.39 Å². The van der Waals surface area contributed by atoms with Crippen molar-refractivity contribution in [1.29, 1.82) is 0 Å². The molecule has 0 fully saturated rings. The summed E-state index contributed by atoms with van der Waals surface area (Å²) >= 11 is 6.04. The fourth-order valence-corrected chi connectivity index (χ4v) is 2.14. The molecule has 5 nitrogen and oxygen atoms in total. The predicted octanol–water partition coefficient (Wildman–Crippen LogP) is 2.41. The predicted molar refractivity (Wildman–Crippen MR) is 75.7 cm³/mol. The highest BCUT2D eigenvalue weighted by atomic mass is 35.5. The maximum absolute atomic E-state index is 6.04. The first-order valence-corrected chi connectivity index (χ1v) is 6.40. The minimum Gasteiger partial charge on any atom is -0.443 e. The molecule has 0 bridgehead atoms. The van der Waals surface area contributed by atoms with Crippen LogP contribution < -0.4 is 10.6 Å². The summed E-state index contributed by atoms with van der Waals surface area (Å²) in [6.45, 7) is 2.38. The standard InChI is InChI=1S/C13H13ClN4O/c14-9-1-2-10(12-6-15-8-19-12)11(5-9)18-7-13-16-3-4-17-13/h1-2,5-6,8,18H,3-4,7H2,(H,16,17). The van der Waals surface area contributed by atoms with E-state index < -0.39 is 0 Å².